The summed E-state index contributed by atoms with van der Waals surface area (Å²) in [5.41, 5.74) is 4.56. The molecule has 150 valence electrons. The lowest BCUT2D eigenvalue weighted by Crippen LogP contribution is -2.39. The van der Waals surface area contributed by atoms with Gasteiger partial charge in [0.25, 0.3) is 0 Å². The van der Waals surface area contributed by atoms with Crippen molar-refractivity contribution in [2.45, 2.75) is 32.7 Å². The molecule has 0 bridgehead atoms. The normalized spacial score (nSPS) is 15.6. The molecule has 28 heavy (non-hydrogen) atoms. The number of carbonyl (C=O) groups is 1. The number of ether oxygens (including phenoxy) is 1. The van der Waals surface area contributed by atoms with E-state index in [4.69, 9.17) is 4.74 Å². The van der Waals surface area contributed by atoms with Crippen molar-refractivity contribution in [1.29, 1.82) is 0 Å². The Morgan fingerprint density at radius 3 is 2.32 bits per heavy atom. The molecule has 2 aromatic rings. The highest BCUT2D eigenvalue weighted by molar-refractivity contribution is 6.00. The van der Waals surface area contributed by atoms with E-state index in [-0.39, 0.29) is 11.8 Å². The molecule has 3 rings (SSSR count). The lowest BCUT2D eigenvalue weighted by atomic mass is 10.00. The second kappa shape index (κ2) is 9.85. The number of benzene rings is 2. The second-order valence-corrected chi connectivity index (χ2v) is 7.65. The van der Waals surface area contributed by atoms with E-state index in [0.29, 0.717) is 0 Å². The Balaban J connectivity index is 1.60. The molecule has 2 aromatic carbocycles. The molecule has 1 atom stereocenters. The van der Waals surface area contributed by atoms with Crippen molar-refractivity contribution < 1.29 is 9.53 Å². The lowest BCUT2D eigenvalue weighted by Gasteiger charge is -2.29. The monoisotopic (exact) mass is 380 g/mol. The topological polar surface area (TPSA) is 32.8 Å². The maximum atomic E-state index is 13.1. The first kappa shape index (κ1) is 20.6. The highest BCUT2D eigenvalue weighted by Crippen LogP contribution is 2.19. The van der Waals surface area contributed by atoms with E-state index < -0.39 is 0 Å². The van der Waals surface area contributed by atoms with Crippen molar-refractivity contribution in [3.8, 4) is 0 Å². The van der Waals surface area contributed by atoms with Gasteiger partial charge in [0.1, 0.15) is 0 Å². The first-order valence-corrected chi connectivity index (χ1v) is 10.3. The van der Waals surface area contributed by atoms with E-state index in [2.05, 4.69) is 67.1 Å². The minimum Gasteiger partial charge on any atom is -0.378 e. The summed E-state index contributed by atoms with van der Waals surface area (Å²) < 4.78 is 5.41. The number of aryl methyl sites for hydroxylation is 1. The van der Waals surface area contributed by atoms with Gasteiger partial charge in [-0.1, -0.05) is 36.8 Å². The molecule has 4 nitrogen and oxygen atoms in total. The number of morpholine rings is 1. The fraction of sp³-hybridized carbons (Fsp3) is 0.458. The number of hydrogen-bond acceptors (Lipinski definition) is 4. The van der Waals surface area contributed by atoms with E-state index in [1.165, 1.54) is 16.8 Å². The zero-order valence-electron chi connectivity index (χ0n) is 17.4. The van der Waals surface area contributed by atoms with Crippen molar-refractivity contribution in [1.82, 2.24) is 4.90 Å². The number of nitrogens with zero attached hydrogens (tertiary/aromatic N) is 2. The van der Waals surface area contributed by atoms with Crippen molar-refractivity contribution in [2.75, 3.05) is 44.8 Å². The SMILES string of the molecule is CCC(C(=O)c1ccc(N2CCOCC2)cc1)N(C)CCc1ccc(C)cc1. The molecule has 1 saturated heterocycles. The number of ketones is 1. The maximum absolute atomic E-state index is 13.1. The van der Waals surface area contributed by atoms with Crippen LogP contribution in [0.25, 0.3) is 0 Å². The van der Waals surface area contributed by atoms with E-state index in [9.17, 15) is 4.79 Å². The number of likely N-dealkylation sites (N-methyl/N-ethyl adjacent to an activating group) is 1. The van der Waals surface area contributed by atoms with Gasteiger partial charge in [-0.2, -0.15) is 0 Å². The highest BCUT2D eigenvalue weighted by atomic mass is 16.5. The van der Waals surface area contributed by atoms with Crippen LogP contribution in [-0.2, 0) is 11.2 Å². The van der Waals surface area contributed by atoms with Gasteiger partial charge in [0.15, 0.2) is 5.78 Å². The van der Waals surface area contributed by atoms with Crippen LogP contribution in [-0.4, -0.2) is 56.6 Å². The van der Waals surface area contributed by atoms with Crippen LogP contribution in [0.2, 0.25) is 0 Å². The van der Waals surface area contributed by atoms with Gasteiger partial charge in [0.2, 0.25) is 0 Å². The van der Waals surface area contributed by atoms with Crippen molar-refractivity contribution in [3.05, 3.63) is 65.2 Å². The Hall–Kier alpha value is -2.17. The fourth-order valence-electron chi connectivity index (χ4n) is 3.76. The molecule has 0 N–H and O–H groups in total. The fourth-order valence-corrected chi connectivity index (χ4v) is 3.76. The first-order valence-electron chi connectivity index (χ1n) is 10.3. The van der Waals surface area contributed by atoms with Gasteiger partial charge >= 0.3 is 0 Å². The average Bonchev–Trinajstić information content (AvgIpc) is 2.74. The highest BCUT2D eigenvalue weighted by Gasteiger charge is 2.23. The minimum atomic E-state index is -0.0836. The van der Waals surface area contributed by atoms with E-state index >= 15 is 0 Å². The Morgan fingerprint density at radius 1 is 1.07 bits per heavy atom. The third-order valence-corrected chi connectivity index (χ3v) is 5.62. The Kier molecular flexibility index (Phi) is 7.24. The minimum absolute atomic E-state index is 0.0836. The standard InChI is InChI=1S/C24H32N2O2/c1-4-23(25(3)14-13-20-7-5-19(2)6-8-20)24(27)21-9-11-22(12-10-21)26-15-17-28-18-16-26/h5-12,23H,4,13-18H2,1-3H3. The van der Waals surface area contributed by atoms with E-state index in [1.54, 1.807) is 0 Å². The summed E-state index contributed by atoms with van der Waals surface area (Å²) in [6.45, 7) is 8.42. The van der Waals surface area contributed by atoms with Gasteiger partial charge in [-0.05, 0) is 56.6 Å². The molecule has 0 spiro atoms. The molecule has 0 aromatic heterocycles. The molecule has 1 aliphatic rings. The average molecular weight is 381 g/mol. The van der Waals surface area contributed by atoms with Crippen LogP contribution in [0.1, 0.15) is 34.8 Å². The van der Waals surface area contributed by atoms with Gasteiger partial charge in [-0.25, -0.2) is 0 Å². The summed E-state index contributed by atoms with van der Waals surface area (Å²) >= 11 is 0. The molecule has 4 heteroatoms. The van der Waals surface area contributed by atoms with Gasteiger partial charge in [0, 0.05) is 30.9 Å². The summed E-state index contributed by atoms with van der Waals surface area (Å²) in [6.07, 6.45) is 1.77. The zero-order chi connectivity index (χ0) is 19.9. The second-order valence-electron chi connectivity index (χ2n) is 7.65. The molecule has 1 heterocycles. The van der Waals surface area contributed by atoms with Gasteiger partial charge in [0.05, 0.1) is 19.3 Å². The predicted octanol–water partition coefficient (Wildman–Crippen LogP) is 3.97. The third-order valence-electron chi connectivity index (χ3n) is 5.62. The molecule has 0 saturated carbocycles. The van der Waals surface area contributed by atoms with Crippen molar-refractivity contribution in [2.24, 2.45) is 0 Å². The summed E-state index contributed by atoms with van der Waals surface area (Å²) in [5.74, 6) is 0.211. The van der Waals surface area contributed by atoms with Gasteiger partial charge in [-0.15, -0.1) is 0 Å². The van der Waals surface area contributed by atoms with Gasteiger partial charge in [-0.3, -0.25) is 9.69 Å². The van der Waals surface area contributed by atoms with Crippen LogP contribution in [0, 0.1) is 6.92 Å². The number of Topliss-reactive ketones (excluding diaryl/α,β-unsaturated/α-hetero) is 1. The lowest BCUT2D eigenvalue weighted by molar-refractivity contribution is 0.0847. The summed E-state index contributed by atoms with van der Waals surface area (Å²) in [4.78, 5) is 17.6. The zero-order valence-corrected chi connectivity index (χ0v) is 17.4. The molecule has 0 amide bonds. The van der Waals surface area contributed by atoms with Crippen LogP contribution in [0.4, 0.5) is 5.69 Å². The van der Waals surface area contributed by atoms with E-state index in [1.807, 2.05) is 12.1 Å². The molecule has 1 unspecified atom stereocenters. The number of rotatable bonds is 8. The number of hydrogen-bond donors (Lipinski definition) is 0. The van der Waals surface area contributed by atoms with E-state index in [0.717, 1.165) is 51.3 Å². The molecular formula is C24H32N2O2. The van der Waals surface area contributed by atoms with Crippen LogP contribution in [0.5, 0.6) is 0 Å². The third kappa shape index (κ3) is 5.21. The molecule has 0 aliphatic carbocycles. The summed E-state index contributed by atoms with van der Waals surface area (Å²) in [7, 11) is 2.06. The van der Waals surface area contributed by atoms with Crippen LogP contribution < -0.4 is 4.90 Å². The van der Waals surface area contributed by atoms with Crippen molar-refractivity contribution in [3.63, 3.8) is 0 Å². The summed E-state index contributed by atoms with van der Waals surface area (Å²) in [5, 5.41) is 0. The Bertz CT molecular complexity index is 749. The predicted molar refractivity (Wildman–Crippen MR) is 115 cm³/mol. The van der Waals surface area contributed by atoms with Crippen LogP contribution in [0.15, 0.2) is 48.5 Å². The number of carbonyl (C=O) groups excluding carboxylic acids is 1. The van der Waals surface area contributed by atoms with Gasteiger partial charge < -0.3 is 9.64 Å². The Labute approximate surface area is 169 Å². The first-order chi connectivity index (χ1) is 13.6. The quantitative estimate of drug-likeness (QED) is 0.649. The largest absolute Gasteiger partial charge is 0.378 e. The Morgan fingerprint density at radius 2 is 1.71 bits per heavy atom. The maximum Gasteiger partial charge on any atom is 0.179 e. The summed E-state index contributed by atoms with van der Waals surface area (Å²) in [6, 6.07) is 16.6. The molecular weight excluding hydrogens is 348 g/mol. The van der Waals surface area contributed by atoms with Crippen molar-refractivity contribution >= 4 is 11.5 Å². The van der Waals surface area contributed by atoms with Crippen LogP contribution in [0.3, 0.4) is 0 Å². The molecule has 0 radical (unpaired) electrons. The smallest absolute Gasteiger partial charge is 0.179 e. The molecule has 1 aliphatic heterocycles. The number of anilines is 1. The molecule has 1 fully saturated rings. The van der Waals surface area contributed by atoms with Crippen LogP contribution >= 0.6 is 0 Å².